The van der Waals surface area contributed by atoms with Gasteiger partial charge in [-0.3, -0.25) is 4.79 Å². The minimum absolute atomic E-state index is 0.123. The number of nitrogens with one attached hydrogen (secondary N) is 1. The number of carbonyl (C=O) groups is 1. The van der Waals surface area contributed by atoms with Crippen LogP contribution in [-0.4, -0.2) is 45.9 Å². The van der Waals surface area contributed by atoms with Crippen molar-refractivity contribution in [2.75, 3.05) is 25.0 Å². The zero-order valence-electron chi connectivity index (χ0n) is 16.1. The number of benzene rings is 1. The van der Waals surface area contributed by atoms with E-state index < -0.39 is 0 Å². The topological polar surface area (TPSA) is 58.1 Å². The van der Waals surface area contributed by atoms with Crippen molar-refractivity contribution in [3.05, 3.63) is 35.9 Å². The van der Waals surface area contributed by atoms with Crippen LogP contribution in [0.5, 0.6) is 0 Å². The number of nitrogens with zero attached hydrogens (tertiary/aromatic N) is 3. The maximum absolute atomic E-state index is 12.8. The Hall–Kier alpha value is -1.60. The van der Waals surface area contributed by atoms with Crippen LogP contribution < -0.4 is 5.32 Å². The quantitative estimate of drug-likeness (QED) is 0.664. The number of hydrogen-bond donors (Lipinski definition) is 1. The van der Waals surface area contributed by atoms with Crippen molar-refractivity contribution in [2.24, 2.45) is 5.92 Å². The van der Waals surface area contributed by atoms with Gasteiger partial charge >= 0.3 is 0 Å². The number of aromatic nitrogens is 2. The van der Waals surface area contributed by atoms with Crippen molar-refractivity contribution in [1.82, 2.24) is 15.1 Å². The zero-order valence-corrected chi connectivity index (χ0v) is 17.7. The summed E-state index contributed by atoms with van der Waals surface area (Å²) < 4.78 is 0.855. The van der Waals surface area contributed by atoms with Gasteiger partial charge in [-0.05, 0) is 44.1 Å². The molecular formula is C20H28N4OS2. The molecule has 1 atom stereocenters. The molecule has 1 unspecified atom stereocenters. The number of thioether (sulfide) groups is 1. The summed E-state index contributed by atoms with van der Waals surface area (Å²) in [6, 6.07) is 10.7. The molecule has 0 saturated carbocycles. The summed E-state index contributed by atoms with van der Waals surface area (Å²) in [6.45, 7) is 6.71. The van der Waals surface area contributed by atoms with Crippen LogP contribution in [0.3, 0.4) is 0 Å². The van der Waals surface area contributed by atoms with Crippen LogP contribution in [0.1, 0.15) is 38.7 Å². The first kappa shape index (κ1) is 20.1. The van der Waals surface area contributed by atoms with Crippen molar-refractivity contribution in [2.45, 2.75) is 49.1 Å². The van der Waals surface area contributed by atoms with Gasteiger partial charge in [0.25, 0.3) is 0 Å². The van der Waals surface area contributed by atoms with E-state index in [2.05, 4.69) is 52.8 Å². The Morgan fingerprint density at radius 2 is 2.04 bits per heavy atom. The summed E-state index contributed by atoms with van der Waals surface area (Å²) in [7, 11) is 0. The van der Waals surface area contributed by atoms with Gasteiger partial charge in [-0.25, -0.2) is 0 Å². The molecule has 1 aliphatic rings. The first-order valence-corrected chi connectivity index (χ1v) is 11.4. The highest BCUT2D eigenvalue weighted by Gasteiger charge is 2.27. The third-order valence-corrected chi connectivity index (χ3v) is 6.90. The van der Waals surface area contributed by atoms with Gasteiger partial charge in [-0.2, -0.15) is 0 Å². The first-order chi connectivity index (χ1) is 13.2. The Balaban J connectivity index is 1.45. The van der Waals surface area contributed by atoms with Gasteiger partial charge in [-0.1, -0.05) is 60.4 Å². The molecular weight excluding hydrogens is 376 g/mol. The van der Waals surface area contributed by atoms with E-state index in [1.807, 2.05) is 11.8 Å². The number of amides is 1. The lowest BCUT2D eigenvalue weighted by molar-refractivity contribution is -0.131. The molecule has 0 aliphatic carbocycles. The van der Waals surface area contributed by atoms with Crippen molar-refractivity contribution >= 4 is 34.1 Å². The maximum Gasteiger partial charge on any atom is 0.235 e. The van der Waals surface area contributed by atoms with Gasteiger partial charge < -0.3 is 10.2 Å². The van der Waals surface area contributed by atoms with Crippen LogP contribution in [0.15, 0.2) is 34.7 Å². The van der Waals surface area contributed by atoms with Gasteiger partial charge in [0.2, 0.25) is 11.0 Å². The molecule has 0 spiro atoms. The van der Waals surface area contributed by atoms with E-state index in [1.54, 1.807) is 0 Å². The van der Waals surface area contributed by atoms with Crippen molar-refractivity contribution in [3.8, 4) is 0 Å². The third kappa shape index (κ3) is 5.94. The van der Waals surface area contributed by atoms with Crippen LogP contribution in [0.25, 0.3) is 0 Å². The highest BCUT2D eigenvalue weighted by Crippen LogP contribution is 2.31. The Labute approximate surface area is 170 Å². The summed E-state index contributed by atoms with van der Waals surface area (Å²) in [4.78, 5) is 14.8. The van der Waals surface area contributed by atoms with E-state index in [-0.39, 0.29) is 11.2 Å². The van der Waals surface area contributed by atoms with Gasteiger partial charge in [0.1, 0.15) is 0 Å². The molecule has 1 amide bonds. The number of likely N-dealkylation sites (tertiary alicyclic amines) is 1. The molecule has 1 saturated heterocycles. The fraction of sp³-hybridized carbons (Fsp3) is 0.550. The molecule has 146 valence electrons. The predicted octanol–water partition coefficient (Wildman–Crippen LogP) is 4.32. The Morgan fingerprint density at radius 3 is 2.74 bits per heavy atom. The van der Waals surface area contributed by atoms with Crippen LogP contribution in [0, 0.1) is 5.92 Å². The summed E-state index contributed by atoms with van der Waals surface area (Å²) in [5, 5.41) is 12.3. The van der Waals surface area contributed by atoms with Crippen molar-refractivity contribution < 1.29 is 4.79 Å². The lowest BCUT2D eigenvalue weighted by atomic mass is 9.90. The summed E-state index contributed by atoms with van der Waals surface area (Å²) in [6.07, 6.45) is 4.34. The summed E-state index contributed by atoms with van der Waals surface area (Å²) in [5.74, 6) is 0.895. The van der Waals surface area contributed by atoms with E-state index in [4.69, 9.17) is 0 Å². The molecule has 27 heavy (non-hydrogen) atoms. The summed E-state index contributed by atoms with van der Waals surface area (Å²) in [5.41, 5.74) is 1.40. The molecule has 1 aromatic carbocycles. The van der Waals surface area contributed by atoms with Gasteiger partial charge in [0, 0.05) is 19.6 Å². The molecule has 1 fully saturated rings. The SMILES string of the molecule is CCCNc1nnc(SC(C)C(=O)N2CCC(Cc3ccccc3)CC2)s1. The standard InChI is InChI=1S/C20H28N4OS2/c1-3-11-21-19-22-23-20(27-19)26-15(2)18(25)24-12-9-17(10-13-24)14-16-7-5-4-6-8-16/h4-8,15,17H,3,9-14H2,1-2H3,(H,21,22). The summed E-state index contributed by atoms with van der Waals surface area (Å²) >= 11 is 3.04. The van der Waals surface area contributed by atoms with E-state index in [0.717, 1.165) is 54.8 Å². The third-order valence-electron chi connectivity index (χ3n) is 4.85. The lowest BCUT2D eigenvalue weighted by Crippen LogP contribution is -2.42. The van der Waals surface area contributed by atoms with Crippen LogP contribution in [0.2, 0.25) is 0 Å². The Kier molecular flexibility index (Phi) is 7.52. The first-order valence-electron chi connectivity index (χ1n) is 9.72. The second-order valence-electron chi connectivity index (χ2n) is 7.02. The largest absolute Gasteiger partial charge is 0.360 e. The highest BCUT2D eigenvalue weighted by molar-refractivity contribution is 8.02. The molecule has 1 N–H and O–H groups in total. The average Bonchev–Trinajstić information content (AvgIpc) is 3.14. The number of anilines is 1. The second-order valence-corrected chi connectivity index (χ2v) is 9.58. The smallest absolute Gasteiger partial charge is 0.235 e. The number of piperidine rings is 1. The molecule has 2 aromatic rings. The van der Waals surface area contributed by atoms with Crippen LogP contribution >= 0.6 is 23.1 Å². The predicted molar refractivity (Wildman–Crippen MR) is 113 cm³/mol. The zero-order chi connectivity index (χ0) is 19.1. The Bertz CT molecular complexity index is 714. The van der Waals surface area contributed by atoms with E-state index >= 15 is 0 Å². The molecule has 3 rings (SSSR count). The van der Waals surface area contributed by atoms with Gasteiger partial charge in [0.05, 0.1) is 5.25 Å². The molecule has 1 aliphatic heterocycles. The Morgan fingerprint density at radius 1 is 1.30 bits per heavy atom. The fourth-order valence-corrected chi connectivity index (χ4v) is 5.33. The lowest BCUT2D eigenvalue weighted by Gasteiger charge is -2.33. The minimum Gasteiger partial charge on any atom is -0.360 e. The molecule has 1 aromatic heterocycles. The molecule has 0 radical (unpaired) electrons. The minimum atomic E-state index is -0.123. The van der Waals surface area contributed by atoms with Crippen LogP contribution in [0.4, 0.5) is 5.13 Å². The molecule has 5 nitrogen and oxygen atoms in total. The maximum atomic E-state index is 12.8. The second kappa shape index (κ2) is 10.1. The number of hydrogen-bond acceptors (Lipinski definition) is 6. The van der Waals surface area contributed by atoms with E-state index in [0.29, 0.717) is 5.92 Å². The monoisotopic (exact) mass is 404 g/mol. The van der Waals surface area contributed by atoms with Crippen molar-refractivity contribution in [1.29, 1.82) is 0 Å². The normalized spacial score (nSPS) is 16.3. The molecule has 2 heterocycles. The van der Waals surface area contributed by atoms with Gasteiger partial charge in [-0.15, -0.1) is 10.2 Å². The molecule has 7 heteroatoms. The molecule has 0 bridgehead atoms. The van der Waals surface area contributed by atoms with Crippen LogP contribution in [-0.2, 0) is 11.2 Å². The van der Waals surface area contributed by atoms with E-state index in [9.17, 15) is 4.79 Å². The number of carbonyl (C=O) groups excluding carboxylic acids is 1. The highest BCUT2D eigenvalue weighted by atomic mass is 32.2. The van der Waals surface area contributed by atoms with Crippen molar-refractivity contribution in [3.63, 3.8) is 0 Å². The average molecular weight is 405 g/mol. The van der Waals surface area contributed by atoms with Gasteiger partial charge in [0.15, 0.2) is 4.34 Å². The van der Waals surface area contributed by atoms with E-state index in [1.165, 1.54) is 28.7 Å². The number of rotatable bonds is 8. The fourth-order valence-electron chi connectivity index (χ4n) is 3.32.